The zero-order valence-corrected chi connectivity index (χ0v) is 14.4. The van der Waals surface area contributed by atoms with Crippen LogP contribution in [0, 0.1) is 0 Å². The van der Waals surface area contributed by atoms with Crippen molar-refractivity contribution >= 4 is 5.69 Å². The highest BCUT2D eigenvalue weighted by Gasteiger charge is 2.28. The molecule has 0 amide bonds. The fourth-order valence-electron chi connectivity index (χ4n) is 4.13. The summed E-state index contributed by atoms with van der Waals surface area (Å²) in [6, 6.07) is 21.0. The first-order chi connectivity index (χ1) is 11.8. The molecule has 3 nitrogen and oxygen atoms in total. The van der Waals surface area contributed by atoms with Gasteiger partial charge >= 0.3 is 0 Å². The highest BCUT2D eigenvalue weighted by Crippen LogP contribution is 2.29. The van der Waals surface area contributed by atoms with E-state index in [9.17, 15) is 0 Å². The Morgan fingerprint density at radius 2 is 1.62 bits per heavy atom. The van der Waals surface area contributed by atoms with Crippen LogP contribution in [-0.4, -0.2) is 31.3 Å². The van der Waals surface area contributed by atoms with Crippen molar-refractivity contribution < 1.29 is 0 Å². The monoisotopic (exact) mass is 321 g/mol. The quantitative estimate of drug-likeness (QED) is 0.886. The lowest BCUT2D eigenvalue weighted by atomic mass is 10.1. The van der Waals surface area contributed by atoms with Gasteiger partial charge in [-0.25, -0.2) is 0 Å². The topological polar surface area (TPSA) is 27.3 Å². The minimum atomic E-state index is 0.440. The summed E-state index contributed by atoms with van der Waals surface area (Å²) >= 11 is 0. The third-order valence-electron chi connectivity index (χ3n) is 5.37. The summed E-state index contributed by atoms with van der Waals surface area (Å²) in [4.78, 5) is 2.62. The molecular weight excluding hydrogens is 294 g/mol. The van der Waals surface area contributed by atoms with Gasteiger partial charge < -0.3 is 10.2 Å². The Morgan fingerprint density at radius 3 is 2.25 bits per heavy atom. The third-order valence-corrected chi connectivity index (χ3v) is 5.37. The maximum Gasteiger partial charge on any atom is 0.0591 e. The first-order valence-electron chi connectivity index (χ1n) is 9.17. The van der Waals surface area contributed by atoms with E-state index in [1.807, 2.05) is 0 Å². The molecule has 126 valence electrons. The van der Waals surface area contributed by atoms with E-state index >= 15 is 0 Å². The van der Waals surface area contributed by atoms with E-state index in [4.69, 9.17) is 0 Å². The van der Waals surface area contributed by atoms with E-state index < -0.39 is 0 Å². The van der Waals surface area contributed by atoms with Gasteiger partial charge in [0, 0.05) is 30.9 Å². The Morgan fingerprint density at radius 1 is 0.958 bits per heavy atom. The average Bonchev–Trinajstić information content (AvgIpc) is 3.22. The molecule has 4 rings (SSSR count). The molecule has 0 aromatic heterocycles. The number of hydrogen-bond donors (Lipinski definition) is 2. The fourth-order valence-corrected chi connectivity index (χ4v) is 4.13. The van der Waals surface area contributed by atoms with Crippen LogP contribution in [0.15, 0.2) is 54.6 Å². The molecule has 1 fully saturated rings. The van der Waals surface area contributed by atoms with Gasteiger partial charge in [-0.15, -0.1) is 0 Å². The van der Waals surface area contributed by atoms with Gasteiger partial charge in [-0.1, -0.05) is 42.5 Å². The first-order valence-corrected chi connectivity index (χ1v) is 9.17. The van der Waals surface area contributed by atoms with Crippen LogP contribution in [0.3, 0.4) is 0 Å². The van der Waals surface area contributed by atoms with Crippen molar-refractivity contribution in [2.45, 2.75) is 44.4 Å². The largest absolute Gasteiger partial charge is 0.368 e. The smallest absolute Gasteiger partial charge is 0.0591 e. The molecule has 1 heterocycles. The van der Waals surface area contributed by atoms with Crippen LogP contribution in [0.25, 0.3) is 0 Å². The van der Waals surface area contributed by atoms with Crippen LogP contribution >= 0.6 is 0 Å². The highest BCUT2D eigenvalue weighted by molar-refractivity contribution is 5.49. The molecule has 2 aromatic carbocycles. The van der Waals surface area contributed by atoms with E-state index in [1.165, 1.54) is 16.8 Å². The number of rotatable bonds is 5. The van der Waals surface area contributed by atoms with Gasteiger partial charge in [0.1, 0.15) is 0 Å². The number of nitrogens with zero attached hydrogens (tertiary/aromatic N) is 1. The highest BCUT2D eigenvalue weighted by atomic mass is 15.2. The average molecular weight is 321 g/mol. The predicted molar refractivity (Wildman–Crippen MR) is 100 cm³/mol. The van der Waals surface area contributed by atoms with Gasteiger partial charge in [-0.2, -0.15) is 0 Å². The van der Waals surface area contributed by atoms with E-state index in [0.717, 1.165) is 32.4 Å². The Hall–Kier alpha value is -1.84. The van der Waals surface area contributed by atoms with Crippen molar-refractivity contribution in [2.75, 3.05) is 18.0 Å². The zero-order chi connectivity index (χ0) is 16.4. The summed E-state index contributed by atoms with van der Waals surface area (Å²) in [6.07, 6.45) is 3.89. The van der Waals surface area contributed by atoms with Gasteiger partial charge in [0.2, 0.25) is 0 Å². The van der Waals surface area contributed by atoms with Gasteiger partial charge in [-0.05, 0) is 49.4 Å². The van der Waals surface area contributed by atoms with Crippen LogP contribution in [-0.2, 0) is 12.8 Å². The van der Waals surface area contributed by atoms with Crippen LogP contribution in [0.5, 0.6) is 0 Å². The Kier molecular flexibility index (Phi) is 4.54. The summed E-state index contributed by atoms with van der Waals surface area (Å²) in [6.45, 7) is 4.40. The summed E-state index contributed by atoms with van der Waals surface area (Å²) in [5, 5.41) is 7.21. The SMILES string of the molecule is CC1CNC(CCN(c2ccccc2)C2Cc3ccccc3C2)N1. The molecule has 0 saturated carbocycles. The van der Waals surface area contributed by atoms with E-state index in [2.05, 4.69) is 77.1 Å². The summed E-state index contributed by atoms with van der Waals surface area (Å²) < 4.78 is 0. The Balaban J connectivity index is 1.49. The van der Waals surface area contributed by atoms with Gasteiger partial charge in [0.25, 0.3) is 0 Å². The summed E-state index contributed by atoms with van der Waals surface area (Å²) in [5.74, 6) is 0. The van der Waals surface area contributed by atoms with Gasteiger partial charge in [-0.3, -0.25) is 5.32 Å². The molecular formula is C21H27N3. The second-order valence-electron chi connectivity index (χ2n) is 7.18. The molecule has 2 aromatic rings. The fraction of sp³-hybridized carbons (Fsp3) is 0.429. The van der Waals surface area contributed by atoms with Crippen molar-refractivity contribution in [1.29, 1.82) is 0 Å². The van der Waals surface area contributed by atoms with Crippen molar-refractivity contribution in [3.8, 4) is 0 Å². The van der Waals surface area contributed by atoms with Crippen LogP contribution in [0.2, 0.25) is 0 Å². The molecule has 0 radical (unpaired) electrons. The molecule has 2 atom stereocenters. The Bertz CT molecular complexity index is 645. The number of nitrogens with one attached hydrogen (secondary N) is 2. The molecule has 1 aliphatic carbocycles. The van der Waals surface area contributed by atoms with Crippen LogP contribution < -0.4 is 15.5 Å². The first kappa shape index (κ1) is 15.7. The van der Waals surface area contributed by atoms with Crippen molar-refractivity contribution in [3.63, 3.8) is 0 Å². The maximum absolute atomic E-state index is 3.63. The number of para-hydroxylation sites is 1. The van der Waals surface area contributed by atoms with Crippen LogP contribution in [0.4, 0.5) is 5.69 Å². The van der Waals surface area contributed by atoms with E-state index in [-0.39, 0.29) is 0 Å². The second kappa shape index (κ2) is 6.96. The standard InChI is InChI=1S/C21H27N3/c1-16-15-22-21(23-16)11-12-24(19-9-3-2-4-10-19)20-13-17-7-5-6-8-18(17)14-20/h2-10,16,20-23H,11-15H2,1H3. The van der Waals surface area contributed by atoms with Crippen LogP contribution in [0.1, 0.15) is 24.5 Å². The maximum atomic E-state index is 3.63. The van der Waals surface area contributed by atoms with Crippen molar-refractivity contribution in [1.82, 2.24) is 10.6 Å². The third kappa shape index (κ3) is 3.33. The number of hydrogen-bond acceptors (Lipinski definition) is 3. The van der Waals surface area contributed by atoms with Gasteiger partial charge in [0.15, 0.2) is 0 Å². The second-order valence-corrected chi connectivity index (χ2v) is 7.18. The molecule has 1 aliphatic heterocycles. The number of fused-ring (bicyclic) bond motifs is 1. The van der Waals surface area contributed by atoms with E-state index in [1.54, 1.807) is 0 Å². The number of benzene rings is 2. The molecule has 24 heavy (non-hydrogen) atoms. The normalized spacial score (nSPS) is 23.4. The summed E-state index contributed by atoms with van der Waals surface area (Å²) in [7, 11) is 0. The molecule has 1 saturated heterocycles. The minimum Gasteiger partial charge on any atom is -0.368 e. The zero-order valence-electron chi connectivity index (χ0n) is 14.4. The molecule has 0 bridgehead atoms. The molecule has 0 spiro atoms. The summed E-state index contributed by atoms with van der Waals surface area (Å²) in [5.41, 5.74) is 4.39. The Labute approximate surface area is 145 Å². The minimum absolute atomic E-state index is 0.440. The predicted octanol–water partition coefficient (Wildman–Crippen LogP) is 2.96. The lowest BCUT2D eigenvalue weighted by molar-refractivity contribution is 0.478. The molecule has 2 aliphatic rings. The number of anilines is 1. The van der Waals surface area contributed by atoms with Gasteiger partial charge in [0.05, 0.1) is 6.17 Å². The van der Waals surface area contributed by atoms with E-state index in [0.29, 0.717) is 18.2 Å². The lowest BCUT2D eigenvalue weighted by Gasteiger charge is -2.32. The molecule has 2 N–H and O–H groups in total. The van der Waals surface area contributed by atoms with Crippen molar-refractivity contribution in [3.05, 3.63) is 65.7 Å². The molecule has 2 unspecified atom stereocenters. The lowest BCUT2D eigenvalue weighted by Crippen LogP contribution is -2.41. The van der Waals surface area contributed by atoms with Crippen molar-refractivity contribution in [2.24, 2.45) is 0 Å². The molecule has 3 heteroatoms.